The summed E-state index contributed by atoms with van der Waals surface area (Å²) in [7, 11) is 0. The van der Waals surface area contributed by atoms with Crippen molar-refractivity contribution in [2.24, 2.45) is 0 Å². The van der Waals surface area contributed by atoms with Crippen LogP contribution in [0.5, 0.6) is 17.2 Å². The first-order chi connectivity index (χ1) is 13.2. The fourth-order valence-corrected chi connectivity index (χ4v) is 2.65. The van der Waals surface area contributed by atoms with Gasteiger partial charge in [-0.1, -0.05) is 55.5 Å². The Morgan fingerprint density at radius 1 is 0.889 bits per heavy atom. The maximum absolute atomic E-state index is 12.8. The first kappa shape index (κ1) is 18.5. The van der Waals surface area contributed by atoms with E-state index in [0.29, 0.717) is 29.4 Å². The van der Waals surface area contributed by atoms with Crippen molar-refractivity contribution in [1.29, 1.82) is 0 Å². The molecule has 0 fully saturated rings. The van der Waals surface area contributed by atoms with Crippen LogP contribution in [-0.2, 0) is 4.79 Å². The number of hydrogen-bond acceptors (Lipinski definition) is 3. The van der Waals surface area contributed by atoms with Crippen LogP contribution in [0.3, 0.4) is 0 Å². The quantitative estimate of drug-likeness (QED) is 0.597. The third-order valence-corrected chi connectivity index (χ3v) is 4.14. The highest BCUT2D eigenvalue weighted by molar-refractivity contribution is 5.95. The Morgan fingerprint density at radius 2 is 1.52 bits per heavy atom. The van der Waals surface area contributed by atoms with Crippen molar-refractivity contribution < 1.29 is 14.3 Å². The predicted molar refractivity (Wildman–Crippen MR) is 107 cm³/mol. The molecule has 3 rings (SSSR count). The van der Waals surface area contributed by atoms with Crippen LogP contribution < -0.4 is 14.8 Å². The first-order valence-electron chi connectivity index (χ1n) is 9.02. The van der Waals surface area contributed by atoms with Crippen LogP contribution in [0, 0.1) is 6.92 Å². The molecular formula is C23H23NO3. The number of ether oxygens (including phenoxy) is 2. The van der Waals surface area contributed by atoms with Crippen molar-refractivity contribution in [3.8, 4) is 17.2 Å². The highest BCUT2D eigenvalue weighted by Crippen LogP contribution is 2.29. The Balaban J connectivity index is 1.74. The van der Waals surface area contributed by atoms with Gasteiger partial charge in [0.2, 0.25) is 0 Å². The molecule has 4 nitrogen and oxygen atoms in total. The van der Waals surface area contributed by atoms with Crippen LogP contribution in [0.25, 0.3) is 0 Å². The summed E-state index contributed by atoms with van der Waals surface area (Å²) in [6, 6.07) is 24.5. The molecule has 0 unspecified atom stereocenters. The fraction of sp³-hybridized carbons (Fsp3) is 0.174. The summed E-state index contributed by atoms with van der Waals surface area (Å²) in [5.74, 6) is 1.81. The third kappa shape index (κ3) is 4.88. The second kappa shape index (κ2) is 8.90. The number of amides is 1. The number of carbonyl (C=O) groups excluding carboxylic acids is 1. The monoisotopic (exact) mass is 361 g/mol. The molecule has 0 aliphatic rings. The van der Waals surface area contributed by atoms with E-state index in [9.17, 15) is 4.79 Å². The highest BCUT2D eigenvalue weighted by atomic mass is 16.5. The van der Waals surface area contributed by atoms with Gasteiger partial charge in [0.1, 0.15) is 11.5 Å². The zero-order valence-electron chi connectivity index (χ0n) is 15.5. The molecule has 0 bridgehead atoms. The summed E-state index contributed by atoms with van der Waals surface area (Å²) >= 11 is 0. The Hall–Kier alpha value is -3.27. The molecule has 138 valence electrons. The van der Waals surface area contributed by atoms with Crippen molar-refractivity contribution >= 4 is 11.6 Å². The molecule has 0 aliphatic heterocycles. The average molecular weight is 361 g/mol. The number of aryl methyl sites for hydroxylation is 1. The summed E-state index contributed by atoms with van der Waals surface area (Å²) in [5, 5.41) is 2.93. The van der Waals surface area contributed by atoms with Gasteiger partial charge in [0.15, 0.2) is 11.9 Å². The van der Waals surface area contributed by atoms with Crippen LogP contribution in [0.2, 0.25) is 0 Å². The lowest BCUT2D eigenvalue weighted by atomic mass is 10.2. The molecule has 1 amide bonds. The van der Waals surface area contributed by atoms with E-state index in [1.807, 2.05) is 92.7 Å². The number of anilines is 1. The zero-order valence-corrected chi connectivity index (χ0v) is 15.5. The van der Waals surface area contributed by atoms with Gasteiger partial charge in [0, 0.05) is 0 Å². The first-order valence-corrected chi connectivity index (χ1v) is 9.02. The van der Waals surface area contributed by atoms with E-state index >= 15 is 0 Å². The molecule has 0 radical (unpaired) electrons. The number of carbonyl (C=O) groups is 1. The van der Waals surface area contributed by atoms with E-state index in [-0.39, 0.29) is 5.91 Å². The van der Waals surface area contributed by atoms with Gasteiger partial charge in [-0.2, -0.15) is 0 Å². The van der Waals surface area contributed by atoms with Gasteiger partial charge in [0.25, 0.3) is 5.91 Å². The molecule has 0 aliphatic carbocycles. The molecule has 27 heavy (non-hydrogen) atoms. The van der Waals surface area contributed by atoms with Crippen LogP contribution in [-0.4, -0.2) is 12.0 Å². The normalized spacial score (nSPS) is 11.5. The van der Waals surface area contributed by atoms with E-state index in [4.69, 9.17) is 9.47 Å². The molecular weight excluding hydrogens is 338 g/mol. The maximum Gasteiger partial charge on any atom is 0.265 e. The summed E-state index contributed by atoms with van der Waals surface area (Å²) in [4.78, 5) is 12.8. The molecule has 1 atom stereocenters. The van der Waals surface area contributed by atoms with E-state index in [2.05, 4.69) is 5.32 Å². The Bertz CT molecular complexity index is 893. The van der Waals surface area contributed by atoms with Crippen LogP contribution in [0.4, 0.5) is 5.69 Å². The molecule has 0 spiro atoms. The summed E-state index contributed by atoms with van der Waals surface area (Å²) < 4.78 is 11.8. The Morgan fingerprint density at radius 3 is 2.22 bits per heavy atom. The van der Waals surface area contributed by atoms with Crippen molar-refractivity contribution in [2.75, 3.05) is 5.32 Å². The average Bonchev–Trinajstić information content (AvgIpc) is 2.69. The van der Waals surface area contributed by atoms with Gasteiger partial charge in [-0.15, -0.1) is 0 Å². The van der Waals surface area contributed by atoms with Gasteiger partial charge in [-0.3, -0.25) is 4.79 Å². The minimum Gasteiger partial charge on any atom is -0.480 e. The summed E-state index contributed by atoms with van der Waals surface area (Å²) in [6.45, 7) is 3.89. The van der Waals surface area contributed by atoms with Crippen LogP contribution in [0.15, 0.2) is 78.9 Å². The lowest BCUT2D eigenvalue weighted by Crippen LogP contribution is -2.32. The van der Waals surface area contributed by atoms with E-state index in [1.54, 1.807) is 0 Å². The molecule has 0 saturated heterocycles. The number of para-hydroxylation sites is 4. The number of hydrogen-bond donors (Lipinski definition) is 1. The molecule has 0 saturated carbocycles. The molecule has 3 aromatic carbocycles. The van der Waals surface area contributed by atoms with Gasteiger partial charge >= 0.3 is 0 Å². The van der Waals surface area contributed by atoms with Crippen molar-refractivity contribution in [1.82, 2.24) is 0 Å². The van der Waals surface area contributed by atoms with Crippen LogP contribution in [0.1, 0.15) is 18.9 Å². The predicted octanol–water partition coefficient (Wildman–Crippen LogP) is 5.58. The van der Waals surface area contributed by atoms with E-state index in [1.165, 1.54) is 0 Å². The minimum absolute atomic E-state index is 0.204. The maximum atomic E-state index is 12.8. The highest BCUT2D eigenvalue weighted by Gasteiger charge is 2.20. The number of benzene rings is 3. The smallest absolute Gasteiger partial charge is 0.265 e. The standard InChI is InChI=1S/C23H23NO3/c1-3-20(27-21-15-9-7-11-17(21)2)23(25)24-19-14-8-10-16-22(19)26-18-12-5-4-6-13-18/h4-16,20H,3H2,1-2H3,(H,24,25)/t20-/m0/s1. The molecule has 1 N–H and O–H groups in total. The second-order valence-electron chi connectivity index (χ2n) is 6.18. The van der Waals surface area contributed by atoms with Gasteiger partial charge in [0.05, 0.1) is 5.69 Å². The van der Waals surface area contributed by atoms with Crippen LogP contribution >= 0.6 is 0 Å². The second-order valence-corrected chi connectivity index (χ2v) is 6.18. The SMILES string of the molecule is CC[C@H](Oc1ccccc1C)C(=O)Nc1ccccc1Oc1ccccc1. The minimum atomic E-state index is -0.587. The Kier molecular flexibility index (Phi) is 6.10. The topological polar surface area (TPSA) is 47.6 Å². The lowest BCUT2D eigenvalue weighted by Gasteiger charge is -2.19. The van der Waals surface area contributed by atoms with Gasteiger partial charge < -0.3 is 14.8 Å². The molecule has 3 aromatic rings. The van der Waals surface area contributed by atoms with E-state index < -0.39 is 6.10 Å². The lowest BCUT2D eigenvalue weighted by molar-refractivity contribution is -0.122. The number of rotatable bonds is 7. The van der Waals surface area contributed by atoms with Crippen molar-refractivity contribution in [2.45, 2.75) is 26.4 Å². The zero-order chi connectivity index (χ0) is 19.1. The summed E-state index contributed by atoms with van der Waals surface area (Å²) in [6.07, 6.45) is -0.0297. The Labute approximate surface area is 159 Å². The largest absolute Gasteiger partial charge is 0.480 e. The molecule has 4 heteroatoms. The van der Waals surface area contributed by atoms with Crippen molar-refractivity contribution in [3.63, 3.8) is 0 Å². The van der Waals surface area contributed by atoms with Crippen molar-refractivity contribution in [3.05, 3.63) is 84.4 Å². The fourth-order valence-electron chi connectivity index (χ4n) is 2.65. The molecule has 0 heterocycles. The number of nitrogens with one attached hydrogen (secondary N) is 1. The van der Waals surface area contributed by atoms with Gasteiger partial charge in [-0.25, -0.2) is 0 Å². The third-order valence-electron chi connectivity index (χ3n) is 4.14. The summed E-state index contributed by atoms with van der Waals surface area (Å²) in [5.41, 5.74) is 1.61. The van der Waals surface area contributed by atoms with E-state index in [0.717, 1.165) is 5.56 Å². The molecule has 0 aromatic heterocycles. The van der Waals surface area contributed by atoms with Gasteiger partial charge in [-0.05, 0) is 49.2 Å².